The van der Waals surface area contributed by atoms with Gasteiger partial charge in [-0.25, -0.2) is 4.79 Å². The minimum absolute atomic E-state index is 0.162. The highest BCUT2D eigenvalue weighted by molar-refractivity contribution is 5.87. The number of esters is 1. The molecule has 4 nitrogen and oxygen atoms in total. The molecule has 0 saturated carbocycles. The SMILES string of the molecule is COC(=O)C(=CC=Cc1cc2ccccc2[nH]1)OC. The van der Waals surface area contributed by atoms with Crippen LogP contribution in [0.3, 0.4) is 0 Å². The van der Waals surface area contributed by atoms with E-state index in [9.17, 15) is 4.79 Å². The van der Waals surface area contributed by atoms with Crippen molar-refractivity contribution in [2.45, 2.75) is 0 Å². The zero-order valence-electron chi connectivity index (χ0n) is 10.8. The third-order valence-electron chi connectivity index (χ3n) is 2.68. The molecule has 0 fully saturated rings. The van der Waals surface area contributed by atoms with Crippen LogP contribution >= 0.6 is 0 Å². The summed E-state index contributed by atoms with van der Waals surface area (Å²) in [7, 11) is 2.75. The summed E-state index contributed by atoms with van der Waals surface area (Å²) < 4.78 is 9.51. The van der Waals surface area contributed by atoms with E-state index in [-0.39, 0.29) is 5.76 Å². The first-order valence-corrected chi connectivity index (χ1v) is 5.83. The molecule has 0 aliphatic carbocycles. The summed E-state index contributed by atoms with van der Waals surface area (Å²) in [5.41, 5.74) is 2.03. The summed E-state index contributed by atoms with van der Waals surface area (Å²) in [4.78, 5) is 14.5. The molecule has 2 aromatic rings. The first-order valence-electron chi connectivity index (χ1n) is 5.83. The summed E-state index contributed by atoms with van der Waals surface area (Å²) in [5, 5.41) is 1.14. The number of aromatic nitrogens is 1. The fraction of sp³-hybridized carbons (Fsp3) is 0.133. The number of carbonyl (C=O) groups is 1. The Balaban J connectivity index is 2.18. The third kappa shape index (κ3) is 3.04. The normalized spacial score (nSPS) is 12.0. The number of H-pyrrole nitrogens is 1. The number of hydrogen-bond acceptors (Lipinski definition) is 3. The highest BCUT2D eigenvalue weighted by Gasteiger charge is 2.07. The number of methoxy groups -OCH3 is 2. The number of nitrogens with one attached hydrogen (secondary N) is 1. The highest BCUT2D eigenvalue weighted by atomic mass is 16.6. The van der Waals surface area contributed by atoms with Gasteiger partial charge in [-0.15, -0.1) is 0 Å². The molecule has 0 bridgehead atoms. The monoisotopic (exact) mass is 257 g/mol. The number of benzene rings is 1. The van der Waals surface area contributed by atoms with E-state index in [1.807, 2.05) is 36.4 Å². The Morgan fingerprint density at radius 3 is 2.68 bits per heavy atom. The van der Waals surface area contributed by atoms with Gasteiger partial charge in [0.2, 0.25) is 5.76 Å². The molecule has 1 aromatic heterocycles. The lowest BCUT2D eigenvalue weighted by Crippen LogP contribution is -2.05. The Labute approximate surface area is 111 Å². The van der Waals surface area contributed by atoms with Crippen molar-refractivity contribution in [2.24, 2.45) is 0 Å². The summed E-state index contributed by atoms with van der Waals surface area (Å²) in [6.07, 6.45) is 5.17. The molecule has 0 aliphatic rings. The molecule has 2 rings (SSSR count). The number of rotatable bonds is 4. The minimum Gasteiger partial charge on any atom is -0.490 e. The Kier molecular flexibility index (Phi) is 4.03. The molecule has 4 heteroatoms. The van der Waals surface area contributed by atoms with Gasteiger partial charge in [-0.1, -0.05) is 24.3 Å². The molecule has 0 spiro atoms. The van der Waals surface area contributed by atoms with Crippen molar-refractivity contribution in [3.63, 3.8) is 0 Å². The minimum atomic E-state index is -0.496. The first kappa shape index (κ1) is 13.0. The number of para-hydroxylation sites is 1. The largest absolute Gasteiger partial charge is 0.490 e. The van der Waals surface area contributed by atoms with Crippen LogP contribution in [0.15, 0.2) is 48.2 Å². The van der Waals surface area contributed by atoms with Crippen LogP contribution in [-0.4, -0.2) is 25.2 Å². The Bertz CT molecular complexity index is 605. The Morgan fingerprint density at radius 1 is 1.21 bits per heavy atom. The van der Waals surface area contributed by atoms with Crippen LogP contribution in [0.1, 0.15) is 5.69 Å². The van der Waals surface area contributed by atoms with E-state index in [1.54, 1.807) is 12.2 Å². The summed E-state index contributed by atoms with van der Waals surface area (Å²) in [5.74, 6) is -0.335. The number of carbonyl (C=O) groups excluding carboxylic acids is 1. The van der Waals surface area contributed by atoms with Gasteiger partial charge in [0.05, 0.1) is 14.2 Å². The van der Waals surface area contributed by atoms with E-state index in [2.05, 4.69) is 9.72 Å². The van der Waals surface area contributed by atoms with Gasteiger partial charge in [-0.05, 0) is 29.7 Å². The van der Waals surface area contributed by atoms with Crippen LogP contribution in [0.5, 0.6) is 0 Å². The number of hydrogen-bond donors (Lipinski definition) is 1. The predicted octanol–water partition coefficient (Wildman–Crippen LogP) is 2.88. The van der Waals surface area contributed by atoms with Crippen molar-refractivity contribution in [1.82, 2.24) is 4.98 Å². The standard InChI is InChI=1S/C15H15NO3/c1-18-14(15(17)19-2)9-5-7-12-10-11-6-3-4-8-13(11)16-12/h3-10,16H,1-2H3. The molecule has 0 atom stereocenters. The molecule has 1 heterocycles. The number of fused-ring (bicyclic) bond motifs is 1. The zero-order chi connectivity index (χ0) is 13.7. The topological polar surface area (TPSA) is 51.3 Å². The quantitative estimate of drug-likeness (QED) is 0.396. The summed E-state index contributed by atoms with van der Waals surface area (Å²) in [6.45, 7) is 0. The summed E-state index contributed by atoms with van der Waals surface area (Å²) >= 11 is 0. The van der Waals surface area contributed by atoms with Gasteiger partial charge in [-0.2, -0.15) is 0 Å². The maximum atomic E-state index is 11.3. The highest BCUT2D eigenvalue weighted by Crippen LogP contribution is 2.15. The van der Waals surface area contributed by atoms with Gasteiger partial charge >= 0.3 is 5.97 Å². The average molecular weight is 257 g/mol. The molecular formula is C15H15NO3. The molecule has 98 valence electrons. The zero-order valence-corrected chi connectivity index (χ0v) is 10.8. The molecule has 0 saturated heterocycles. The second-order valence-corrected chi connectivity index (χ2v) is 3.90. The van der Waals surface area contributed by atoms with Gasteiger partial charge in [0.1, 0.15) is 0 Å². The van der Waals surface area contributed by atoms with Gasteiger partial charge in [0, 0.05) is 11.2 Å². The van der Waals surface area contributed by atoms with Crippen LogP contribution in [0.4, 0.5) is 0 Å². The maximum Gasteiger partial charge on any atom is 0.373 e. The fourth-order valence-corrected chi connectivity index (χ4v) is 1.74. The maximum absolute atomic E-state index is 11.3. The van der Waals surface area contributed by atoms with Crippen molar-refractivity contribution >= 4 is 22.9 Å². The lowest BCUT2D eigenvalue weighted by atomic mass is 10.2. The van der Waals surface area contributed by atoms with Crippen molar-refractivity contribution in [3.8, 4) is 0 Å². The van der Waals surface area contributed by atoms with E-state index in [1.165, 1.54) is 14.2 Å². The predicted molar refractivity (Wildman–Crippen MR) is 74.4 cm³/mol. The van der Waals surface area contributed by atoms with Crippen LogP contribution in [-0.2, 0) is 14.3 Å². The fourth-order valence-electron chi connectivity index (χ4n) is 1.74. The van der Waals surface area contributed by atoms with Crippen molar-refractivity contribution < 1.29 is 14.3 Å². The van der Waals surface area contributed by atoms with Crippen molar-refractivity contribution in [3.05, 3.63) is 53.9 Å². The van der Waals surface area contributed by atoms with E-state index in [0.717, 1.165) is 16.6 Å². The molecule has 0 radical (unpaired) electrons. The lowest BCUT2D eigenvalue weighted by molar-refractivity contribution is -0.139. The van der Waals surface area contributed by atoms with Gasteiger partial charge in [0.25, 0.3) is 0 Å². The smallest absolute Gasteiger partial charge is 0.373 e. The van der Waals surface area contributed by atoms with Gasteiger partial charge in [-0.3, -0.25) is 0 Å². The first-order chi connectivity index (χ1) is 9.24. The Morgan fingerprint density at radius 2 is 2.00 bits per heavy atom. The van der Waals surface area contributed by atoms with Crippen molar-refractivity contribution in [2.75, 3.05) is 14.2 Å². The molecule has 19 heavy (non-hydrogen) atoms. The second-order valence-electron chi connectivity index (χ2n) is 3.90. The summed E-state index contributed by atoms with van der Waals surface area (Å²) in [6, 6.07) is 10.0. The molecular weight excluding hydrogens is 242 g/mol. The molecule has 0 unspecified atom stereocenters. The second kappa shape index (κ2) is 5.91. The molecule has 0 amide bonds. The van der Waals surface area contributed by atoms with E-state index in [0.29, 0.717) is 0 Å². The molecule has 1 N–H and O–H groups in total. The number of aromatic amines is 1. The van der Waals surface area contributed by atoms with E-state index >= 15 is 0 Å². The number of allylic oxidation sites excluding steroid dienone is 2. The van der Waals surface area contributed by atoms with Gasteiger partial charge in [0.15, 0.2) is 0 Å². The van der Waals surface area contributed by atoms with Gasteiger partial charge < -0.3 is 14.5 Å². The number of ether oxygens (including phenoxy) is 2. The van der Waals surface area contributed by atoms with Crippen LogP contribution in [0.2, 0.25) is 0 Å². The average Bonchev–Trinajstić information content (AvgIpc) is 2.85. The lowest BCUT2D eigenvalue weighted by Gasteiger charge is -2.00. The Hall–Kier alpha value is -2.49. The van der Waals surface area contributed by atoms with Crippen LogP contribution < -0.4 is 0 Å². The van der Waals surface area contributed by atoms with E-state index in [4.69, 9.17) is 4.74 Å². The van der Waals surface area contributed by atoms with Crippen LogP contribution in [0.25, 0.3) is 17.0 Å². The van der Waals surface area contributed by atoms with E-state index < -0.39 is 5.97 Å². The molecule has 1 aromatic carbocycles. The van der Waals surface area contributed by atoms with Crippen LogP contribution in [0, 0.1) is 0 Å². The molecule has 0 aliphatic heterocycles. The third-order valence-corrected chi connectivity index (χ3v) is 2.68. The van der Waals surface area contributed by atoms with Crippen molar-refractivity contribution in [1.29, 1.82) is 0 Å².